The van der Waals surface area contributed by atoms with Crippen molar-refractivity contribution in [2.24, 2.45) is 5.92 Å². The Balaban J connectivity index is 1.95. The van der Waals surface area contributed by atoms with Crippen LogP contribution in [0.25, 0.3) is 0 Å². The van der Waals surface area contributed by atoms with Crippen molar-refractivity contribution in [1.29, 1.82) is 0 Å². The van der Waals surface area contributed by atoms with Crippen molar-refractivity contribution in [2.45, 2.75) is 26.7 Å². The maximum atomic E-state index is 5.45. The summed E-state index contributed by atoms with van der Waals surface area (Å²) in [7, 11) is 0. The highest BCUT2D eigenvalue weighted by molar-refractivity contribution is 4.66. The van der Waals surface area contributed by atoms with E-state index >= 15 is 0 Å². The average Bonchev–Trinajstić information content (AvgIpc) is 2.31. The summed E-state index contributed by atoms with van der Waals surface area (Å²) < 4.78 is 5.45. The minimum Gasteiger partial charge on any atom is -0.381 e. The Hall–Kier alpha value is -0.120. The van der Waals surface area contributed by atoms with E-state index in [-0.39, 0.29) is 0 Å². The van der Waals surface area contributed by atoms with Crippen LogP contribution in [-0.4, -0.2) is 50.8 Å². The van der Waals surface area contributed by atoms with Crippen LogP contribution in [0.2, 0.25) is 0 Å². The maximum absolute atomic E-state index is 5.45. The lowest BCUT2D eigenvalue weighted by Crippen LogP contribution is -2.35. The van der Waals surface area contributed by atoms with Crippen LogP contribution in [0, 0.1) is 5.92 Å². The zero-order valence-corrected chi connectivity index (χ0v) is 10.3. The molecule has 1 fully saturated rings. The van der Waals surface area contributed by atoms with Gasteiger partial charge in [0.25, 0.3) is 0 Å². The topological polar surface area (TPSA) is 24.5 Å². The lowest BCUT2D eigenvalue weighted by atomic mass is 10.0. The summed E-state index contributed by atoms with van der Waals surface area (Å²) >= 11 is 0. The second kappa shape index (κ2) is 8.08. The summed E-state index contributed by atoms with van der Waals surface area (Å²) in [6.07, 6.45) is 2.57. The standard InChI is InChI=1S/C12H26N2O/c1-3-14(4-2)8-7-13-10-12-6-5-9-15-11-12/h12-13H,3-11H2,1-2H3/t12-/m0/s1. The molecule has 0 aromatic rings. The van der Waals surface area contributed by atoms with Gasteiger partial charge in [-0.15, -0.1) is 0 Å². The Morgan fingerprint density at radius 3 is 2.73 bits per heavy atom. The molecular formula is C12H26N2O. The van der Waals surface area contributed by atoms with Gasteiger partial charge in [-0.25, -0.2) is 0 Å². The summed E-state index contributed by atoms with van der Waals surface area (Å²) in [5.41, 5.74) is 0. The molecule has 0 aliphatic carbocycles. The molecule has 0 saturated carbocycles. The fourth-order valence-electron chi connectivity index (χ4n) is 2.05. The Kier molecular flexibility index (Phi) is 6.98. The van der Waals surface area contributed by atoms with Gasteiger partial charge in [-0.05, 0) is 31.8 Å². The first-order chi connectivity index (χ1) is 7.36. The molecule has 0 amide bonds. The molecule has 0 radical (unpaired) electrons. The van der Waals surface area contributed by atoms with Gasteiger partial charge in [0.2, 0.25) is 0 Å². The summed E-state index contributed by atoms with van der Waals surface area (Å²) in [5, 5.41) is 3.53. The zero-order chi connectivity index (χ0) is 10.9. The molecule has 1 N–H and O–H groups in total. The zero-order valence-electron chi connectivity index (χ0n) is 10.3. The summed E-state index contributed by atoms with van der Waals surface area (Å²) in [6, 6.07) is 0. The van der Waals surface area contributed by atoms with Gasteiger partial charge >= 0.3 is 0 Å². The SMILES string of the molecule is CCN(CC)CCNC[C@@H]1CCCOC1. The van der Waals surface area contributed by atoms with Crippen molar-refractivity contribution in [1.82, 2.24) is 10.2 Å². The fraction of sp³-hybridized carbons (Fsp3) is 1.00. The molecule has 1 atom stereocenters. The summed E-state index contributed by atoms with van der Waals surface area (Å²) in [4.78, 5) is 2.45. The van der Waals surface area contributed by atoms with E-state index in [4.69, 9.17) is 4.74 Å². The molecule has 1 aliphatic rings. The fourth-order valence-corrected chi connectivity index (χ4v) is 2.05. The first kappa shape index (κ1) is 12.9. The minimum absolute atomic E-state index is 0.746. The molecule has 0 aromatic heterocycles. The molecule has 1 aliphatic heterocycles. The van der Waals surface area contributed by atoms with E-state index in [0.29, 0.717) is 0 Å². The van der Waals surface area contributed by atoms with Crippen molar-refractivity contribution in [3.8, 4) is 0 Å². The van der Waals surface area contributed by atoms with Gasteiger partial charge in [-0.2, -0.15) is 0 Å². The van der Waals surface area contributed by atoms with Crippen molar-refractivity contribution in [2.75, 3.05) is 45.9 Å². The largest absolute Gasteiger partial charge is 0.381 e. The lowest BCUT2D eigenvalue weighted by molar-refractivity contribution is 0.0547. The molecule has 3 nitrogen and oxygen atoms in total. The second-order valence-corrected chi connectivity index (χ2v) is 4.31. The van der Waals surface area contributed by atoms with Crippen LogP contribution in [0.4, 0.5) is 0 Å². The normalized spacial score (nSPS) is 22.2. The van der Waals surface area contributed by atoms with Gasteiger partial charge in [0.05, 0.1) is 6.61 Å². The number of hydrogen-bond acceptors (Lipinski definition) is 3. The van der Waals surface area contributed by atoms with Crippen molar-refractivity contribution in [3.63, 3.8) is 0 Å². The van der Waals surface area contributed by atoms with E-state index in [2.05, 4.69) is 24.1 Å². The molecule has 0 unspecified atom stereocenters. The summed E-state index contributed by atoms with van der Waals surface area (Å²) in [5.74, 6) is 0.746. The van der Waals surface area contributed by atoms with Crippen LogP contribution < -0.4 is 5.32 Å². The van der Waals surface area contributed by atoms with Gasteiger partial charge in [0, 0.05) is 26.2 Å². The van der Waals surface area contributed by atoms with Gasteiger partial charge in [0.1, 0.15) is 0 Å². The Morgan fingerprint density at radius 1 is 1.33 bits per heavy atom. The Labute approximate surface area is 94.2 Å². The third-order valence-electron chi connectivity index (χ3n) is 3.19. The highest BCUT2D eigenvalue weighted by Crippen LogP contribution is 2.11. The van der Waals surface area contributed by atoms with Crippen LogP contribution in [0.5, 0.6) is 0 Å². The van der Waals surface area contributed by atoms with E-state index in [9.17, 15) is 0 Å². The first-order valence-electron chi connectivity index (χ1n) is 6.37. The molecular weight excluding hydrogens is 188 g/mol. The smallest absolute Gasteiger partial charge is 0.0506 e. The predicted octanol–water partition coefficient (Wildman–Crippen LogP) is 1.34. The molecule has 90 valence electrons. The predicted molar refractivity (Wildman–Crippen MR) is 64.2 cm³/mol. The maximum Gasteiger partial charge on any atom is 0.0506 e. The molecule has 15 heavy (non-hydrogen) atoms. The van der Waals surface area contributed by atoms with Gasteiger partial charge in [-0.1, -0.05) is 13.8 Å². The van der Waals surface area contributed by atoms with Crippen LogP contribution in [0.3, 0.4) is 0 Å². The molecule has 0 spiro atoms. The van der Waals surface area contributed by atoms with Gasteiger partial charge < -0.3 is 15.0 Å². The van der Waals surface area contributed by atoms with E-state index in [0.717, 1.165) is 45.3 Å². The van der Waals surface area contributed by atoms with Crippen LogP contribution >= 0.6 is 0 Å². The number of ether oxygens (including phenoxy) is 1. The van der Waals surface area contributed by atoms with Crippen molar-refractivity contribution < 1.29 is 4.74 Å². The second-order valence-electron chi connectivity index (χ2n) is 4.31. The minimum atomic E-state index is 0.746. The third kappa shape index (κ3) is 5.50. The highest BCUT2D eigenvalue weighted by atomic mass is 16.5. The number of hydrogen-bond donors (Lipinski definition) is 1. The lowest BCUT2D eigenvalue weighted by Gasteiger charge is -2.23. The number of rotatable bonds is 7. The van der Waals surface area contributed by atoms with Crippen molar-refractivity contribution >= 4 is 0 Å². The van der Waals surface area contributed by atoms with E-state index < -0.39 is 0 Å². The van der Waals surface area contributed by atoms with E-state index in [1.54, 1.807) is 0 Å². The number of nitrogens with zero attached hydrogens (tertiary/aromatic N) is 1. The molecule has 0 bridgehead atoms. The quantitative estimate of drug-likeness (QED) is 0.647. The Morgan fingerprint density at radius 2 is 2.13 bits per heavy atom. The van der Waals surface area contributed by atoms with Gasteiger partial charge in [-0.3, -0.25) is 0 Å². The molecule has 1 rings (SSSR count). The molecule has 1 saturated heterocycles. The highest BCUT2D eigenvalue weighted by Gasteiger charge is 2.12. The van der Waals surface area contributed by atoms with E-state index in [1.807, 2.05) is 0 Å². The summed E-state index contributed by atoms with van der Waals surface area (Å²) in [6.45, 7) is 12.1. The van der Waals surface area contributed by atoms with Crippen LogP contribution in [0.15, 0.2) is 0 Å². The number of likely N-dealkylation sites (N-methyl/N-ethyl adjacent to an activating group) is 1. The van der Waals surface area contributed by atoms with Crippen molar-refractivity contribution in [3.05, 3.63) is 0 Å². The molecule has 0 aromatic carbocycles. The third-order valence-corrected chi connectivity index (χ3v) is 3.19. The van der Waals surface area contributed by atoms with Crippen LogP contribution in [0.1, 0.15) is 26.7 Å². The number of nitrogens with one attached hydrogen (secondary N) is 1. The Bertz CT molecular complexity index is 143. The average molecular weight is 214 g/mol. The van der Waals surface area contributed by atoms with E-state index in [1.165, 1.54) is 19.4 Å². The molecule has 3 heteroatoms. The molecule has 1 heterocycles. The van der Waals surface area contributed by atoms with Crippen LogP contribution in [-0.2, 0) is 4.74 Å². The van der Waals surface area contributed by atoms with Gasteiger partial charge in [0.15, 0.2) is 0 Å². The first-order valence-corrected chi connectivity index (χ1v) is 6.37. The monoisotopic (exact) mass is 214 g/mol.